The number of rotatable bonds is 3. The van der Waals surface area contributed by atoms with Crippen molar-refractivity contribution in [3.8, 4) is 5.75 Å². The van der Waals surface area contributed by atoms with Gasteiger partial charge in [-0.2, -0.15) is 9.61 Å². The Balaban J connectivity index is 1.95. The molecule has 0 bridgehead atoms. The molecule has 3 rings (SSSR count). The third kappa shape index (κ3) is 2.74. The van der Waals surface area contributed by atoms with Crippen LogP contribution in [0.3, 0.4) is 0 Å². The monoisotopic (exact) mass is 314 g/mol. The van der Waals surface area contributed by atoms with Crippen molar-refractivity contribution in [2.45, 2.75) is 26.2 Å². The van der Waals surface area contributed by atoms with Crippen LogP contribution >= 0.6 is 11.3 Å². The molecule has 0 spiro atoms. The molecule has 0 aliphatic carbocycles. The summed E-state index contributed by atoms with van der Waals surface area (Å²) in [6.07, 6.45) is 3.98. The van der Waals surface area contributed by atoms with Gasteiger partial charge < -0.3 is 4.74 Å². The average molecular weight is 314 g/mol. The topological polar surface area (TPSA) is 52.3 Å². The van der Waals surface area contributed by atoms with E-state index in [1.54, 1.807) is 7.11 Å². The molecule has 0 unspecified atom stereocenters. The molecule has 0 radical (unpaired) electrons. The predicted octanol–water partition coefficient (Wildman–Crippen LogP) is 3.66. The Hall–Kier alpha value is -2.21. The maximum atomic E-state index is 5.35. The fourth-order valence-corrected chi connectivity index (χ4v) is 2.87. The second-order valence-corrected chi connectivity index (χ2v) is 6.97. The molecule has 0 aliphatic heterocycles. The lowest BCUT2D eigenvalue weighted by atomic mass is 9.96. The van der Waals surface area contributed by atoms with E-state index in [-0.39, 0.29) is 5.41 Å². The molecule has 5 nitrogen and oxygen atoms in total. The molecule has 0 saturated heterocycles. The van der Waals surface area contributed by atoms with Crippen LogP contribution in [0.15, 0.2) is 24.3 Å². The predicted molar refractivity (Wildman–Crippen MR) is 89.3 cm³/mol. The van der Waals surface area contributed by atoms with Crippen molar-refractivity contribution in [1.82, 2.24) is 19.8 Å². The largest absolute Gasteiger partial charge is 0.496 e. The van der Waals surface area contributed by atoms with Crippen LogP contribution in [0.5, 0.6) is 5.75 Å². The van der Waals surface area contributed by atoms with Gasteiger partial charge in [0.2, 0.25) is 4.96 Å². The summed E-state index contributed by atoms with van der Waals surface area (Å²) in [6, 6.07) is 7.89. The molecule has 3 aromatic rings. The number of hydrogen-bond acceptors (Lipinski definition) is 5. The van der Waals surface area contributed by atoms with Gasteiger partial charge in [-0.15, -0.1) is 10.2 Å². The van der Waals surface area contributed by atoms with Crippen molar-refractivity contribution < 1.29 is 4.74 Å². The zero-order valence-corrected chi connectivity index (χ0v) is 13.9. The van der Waals surface area contributed by atoms with Crippen molar-refractivity contribution in [3.05, 3.63) is 40.7 Å². The molecular formula is C16H18N4OS. The Morgan fingerprint density at radius 2 is 1.91 bits per heavy atom. The van der Waals surface area contributed by atoms with Crippen LogP contribution in [0.1, 0.15) is 37.2 Å². The summed E-state index contributed by atoms with van der Waals surface area (Å²) < 4.78 is 7.17. The standard InChI is InChI=1S/C16H18N4OS/c1-16(2,3)14-17-18-15-20(14)19-13(22-15)10-9-11-7-5-6-8-12(11)21-4/h5-10H,1-4H3/b10-9-. The lowest BCUT2D eigenvalue weighted by Crippen LogP contribution is -2.16. The van der Waals surface area contributed by atoms with Gasteiger partial charge in [-0.05, 0) is 18.2 Å². The molecule has 0 fully saturated rings. The average Bonchev–Trinajstić information content (AvgIpc) is 3.04. The highest BCUT2D eigenvalue weighted by Crippen LogP contribution is 2.25. The van der Waals surface area contributed by atoms with Crippen LogP contribution in [0.25, 0.3) is 17.1 Å². The number of aromatic nitrogens is 4. The smallest absolute Gasteiger partial charge is 0.234 e. The number of benzene rings is 1. The van der Waals surface area contributed by atoms with E-state index in [0.717, 1.165) is 27.1 Å². The number of fused-ring (bicyclic) bond motifs is 1. The fraction of sp³-hybridized carbons (Fsp3) is 0.312. The second-order valence-electron chi connectivity index (χ2n) is 5.98. The zero-order chi connectivity index (χ0) is 15.7. The first-order valence-electron chi connectivity index (χ1n) is 7.03. The zero-order valence-electron chi connectivity index (χ0n) is 13.1. The number of hydrogen-bond donors (Lipinski definition) is 0. The van der Waals surface area contributed by atoms with Crippen molar-refractivity contribution in [1.29, 1.82) is 0 Å². The van der Waals surface area contributed by atoms with Crippen molar-refractivity contribution >= 4 is 28.4 Å². The van der Waals surface area contributed by atoms with E-state index in [0.29, 0.717) is 0 Å². The van der Waals surface area contributed by atoms with E-state index in [9.17, 15) is 0 Å². The minimum Gasteiger partial charge on any atom is -0.496 e. The van der Waals surface area contributed by atoms with E-state index in [2.05, 4.69) is 36.1 Å². The van der Waals surface area contributed by atoms with Crippen LogP contribution in [0, 0.1) is 0 Å². The molecule has 6 heteroatoms. The summed E-state index contributed by atoms with van der Waals surface area (Å²) in [4.78, 5) is 0.810. The van der Waals surface area contributed by atoms with Gasteiger partial charge in [0.25, 0.3) is 0 Å². The highest BCUT2D eigenvalue weighted by molar-refractivity contribution is 7.17. The van der Waals surface area contributed by atoms with E-state index in [1.165, 1.54) is 11.3 Å². The quantitative estimate of drug-likeness (QED) is 0.740. The van der Waals surface area contributed by atoms with Crippen molar-refractivity contribution in [2.75, 3.05) is 7.11 Å². The van der Waals surface area contributed by atoms with Crippen LogP contribution in [0.4, 0.5) is 0 Å². The maximum Gasteiger partial charge on any atom is 0.234 e. The fourth-order valence-electron chi connectivity index (χ4n) is 2.13. The lowest BCUT2D eigenvalue weighted by molar-refractivity contribution is 0.414. The summed E-state index contributed by atoms with van der Waals surface area (Å²) in [6.45, 7) is 6.31. The molecule has 2 aromatic heterocycles. The number of para-hydroxylation sites is 1. The Morgan fingerprint density at radius 3 is 2.64 bits per heavy atom. The molecule has 0 amide bonds. The first-order valence-corrected chi connectivity index (χ1v) is 7.84. The summed E-state index contributed by atoms with van der Waals surface area (Å²) in [5.74, 6) is 1.72. The van der Waals surface area contributed by atoms with Crippen LogP contribution in [-0.4, -0.2) is 26.9 Å². The molecular weight excluding hydrogens is 296 g/mol. The van der Waals surface area contributed by atoms with Crippen LogP contribution in [0.2, 0.25) is 0 Å². The SMILES string of the molecule is COc1ccccc1/C=C\c1nn2c(C(C)(C)C)nnc2s1. The third-order valence-electron chi connectivity index (χ3n) is 3.22. The summed E-state index contributed by atoms with van der Waals surface area (Å²) in [7, 11) is 1.67. The van der Waals surface area contributed by atoms with Gasteiger partial charge in [0, 0.05) is 11.0 Å². The van der Waals surface area contributed by atoms with E-state index in [4.69, 9.17) is 4.74 Å². The first kappa shape index (κ1) is 14.7. The van der Waals surface area contributed by atoms with E-state index >= 15 is 0 Å². The van der Waals surface area contributed by atoms with Crippen molar-refractivity contribution in [2.24, 2.45) is 0 Å². The van der Waals surface area contributed by atoms with Gasteiger partial charge in [-0.25, -0.2) is 0 Å². The highest BCUT2D eigenvalue weighted by atomic mass is 32.1. The molecule has 0 saturated carbocycles. The number of ether oxygens (including phenoxy) is 1. The minimum absolute atomic E-state index is 0.0862. The van der Waals surface area contributed by atoms with Gasteiger partial charge >= 0.3 is 0 Å². The summed E-state index contributed by atoms with van der Waals surface area (Å²) >= 11 is 1.52. The normalized spacial score (nSPS) is 12.4. The third-order valence-corrected chi connectivity index (χ3v) is 4.09. The van der Waals surface area contributed by atoms with E-state index in [1.807, 2.05) is 40.9 Å². The van der Waals surface area contributed by atoms with Gasteiger partial charge in [0.15, 0.2) is 5.82 Å². The molecule has 2 heterocycles. The Morgan fingerprint density at radius 1 is 1.14 bits per heavy atom. The highest BCUT2D eigenvalue weighted by Gasteiger charge is 2.22. The minimum atomic E-state index is -0.0862. The van der Waals surface area contributed by atoms with E-state index < -0.39 is 0 Å². The first-order chi connectivity index (χ1) is 10.5. The van der Waals surface area contributed by atoms with Gasteiger partial charge in [0.05, 0.1) is 7.11 Å². The maximum absolute atomic E-state index is 5.35. The second kappa shape index (κ2) is 5.53. The number of methoxy groups -OCH3 is 1. The summed E-state index contributed by atoms with van der Waals surface area (Å²) in [5, 5.41) is 13.9. The van der Waals surface area contributed by atoms with Crippen LogP contribution in [-0.2, 0) is 5.41 Å². The van der Waals surface area contributed by atoms with Crippen molar-refractivity contribution in [3.63, 3.8) is 0 Å². The van der Waals surface area contributed by atoms with Gasteiger partial charge in [0.1, 0.15) is 10.8 Å². The van der Waals surface area contributed by atoms with Crippen LogP contribution < -0.4 is 4.74 Å². The summed E-state index contributed by atoms with van der Waals surface area (Å²) in [5.41, 5.74) is 0.934. The Bertz CT molecular complexity index is 826. The van der Waals surface area contributed by atoms with Gasteiger partial charge in [-0.1, -0.05) is 50.3 Å². The molecule has 0 N–H and O–H groups in total. The molecule has 114 valence electrons. The van der Waals surface area contributed by atoms with Gasteiger partial charge in [-0.3, -0.25) is 0 Å². The molecule has 22 heavy (non-hydrogen) atoms. The Labute approximate surface area is 133 Å². The number of nitrogens with zero attached hydrogens (tertiary/aromatic N) is 4. The molecule has 1 aromatic carbocycles. The molecule has 0 atom stereocenters. The lowest BCUT2D eigenvalue weighted by Gasteiger charge is -2.13. The molecule has 0 aliphatic rings. The Kier molecular flexibility index (Phi) is 3.70.